The maximum absolute atomic E-state index is 6.27. The van der Waals surface area contributed by atoms with E-state index in [2.05, 4.69) is 79.7 Å². The molecule has 0 radical (unpaired) electrons. The number of furan rings is 1. The molecule has 0 N–H and O–H groups in total. The Balaban J connectivity index is 1.93. The van der Waals surface area contributed by atoms with Crippen molar-refractivity contribution in [3.8, 4) is 5.88 Å². The van der Waals surface area contributed by atoms with E-state index in [-0.39, 0.29) is 0 Å². The van der Waals surface area contributed by atoms with Gasteiger partial charge in [-0.1, -0.05) is 52.0 Å². The summed E-state index contributed by atoms with van der Waals surface area (Å²) >= 11 is 0. The maximum atomic E-state index is 6.27. The van der Waals surface area contributed by atoms with E-state index in [9.17, 15) is 0 Å². The van der Waals surface area contributed by atoms with Gasteiger partial charge in [0.05, 0.1) is 12.3 Å². The van der Waals surface area contributed by atoms with Crippen molar-refractivity contribution in [1.29, 1.82) is 0 Å². The number of aromatic nitrogens is 2. The van der Waals surface area contributed by atoms with Gasteiger partial charge in [-0.25, -0.2) is 4.98 Å². The summed E-state index contributed by atoms with van der Waals surface area (Å²) in [6.45, 7) is 8.79. The van der Waals surface area contributed by atoms with Gasteiger partial charge in [0.25, 0.3) is 0 Å². The first-order chi connectivity index (χ1) is 12.0. The van der Waals surface area contributed by atoms with Crippen molar-refractivity contribution >= 4 is 22.0 Å². The van der Waals surface area contributed by atoms with Crippen molar-refractivity contribution in [3.05, 3.63) is 66.0 Å². The highest BCUT2D eigenvalue weighted by atomic mass is 16.4. The van der Waals surface area contributed by atoms with Crippen LogP contribution >= 0.6 is 0 Å². The van der Waals surface area contributed by atoms with E-state index in [0.717, 1.165) is 27.9 Å². The summed E-state index contributed by atoms with van der Waals surface area (Å²) in [6.07, 6.45) is 3.80. The van der Waals surface area contributed by atoms with Crippen molar-refractivity contribution in [2.45, 2.75) is 39.5 Å². The number of nitrogens with zero attached hydrogens (tertiary/aromatic N) is 2. The minimum Gasteiger partial charge on any atom is -0.404 e. The van der Waals surface area contributed by atoms with E-state index in [1.165, 1.54) is 11.1 Å². The van der Waals surface area contributed by atoms with Gasteiger partial charge in [-0.05, 0) is 29.0 Å². The van der Waals surface area contributed by atoms with Gasteiger partial charge in [-0.2, -0.15) is 0 Å². The molecule has 0 aliphatic carbocycles. The van der Waals surface area contributed by atoms with Gasteiger partial charge < -0.3 is 4.42 Å². The first-order valence-electron chi connectivity index (χ1n) is 8.87. The van der Waals surface area contributed by atoms with Crippen molar-refractivity contribution in [3.63, 3.8) is 0 Å². The third kappa shape index (κ3) is 2.70. The van der Waals surface area contributed by atoms with Gasteiger partial charge in [-0.15, -0.1) is 4.57 Å². The zero-order valence-corrected chi connectivity index (χ0v) is 15.2. The van der Waals surface area contributed by atoms with E-state index in [4.69, 9.17) is 4.42 Å². The summed E-state index contributed by atoms with van der Waals surface area (Å²) in [5, 5.41) is 1.14. The van der Waals surface area contributed by atoms with Crippen LogP contribution in [0.5, 0.6) is 0 Å². The van der Waals surface area contributed by atoms with Crippen LogP contribution in [-0.4, -0.2) is 4.98 Å². The Morgan fingerprint density at radius 1 is 0.960 bits per heavy atom. The number of hydrogen-bond donors (Lipinski definition) is 0. The fourth-order valence-corrected chi connectivity index (χ4v) is 3.30. The molecule has 2 aromatic carbocycles. The Labute approximate surface area is 147 Å². The molecule has 2 aromatic heterocycles. The molecule has 0 unspecified atom stereocenters. The minimum atomic E-state index is 0.426. The molecule has 4 rings (SSSR count). The van der Waals surface area contributed by atoms with E-state index in [1.807, 2.05) is 12.4 Å². The second-order valence-corrected chi connectivity index (χ2v) is 7.21. The number of para-hydroxylation sites is 1. The minimum absolute atomic E-state index is 0.426. The SMILES string of the molecule is CC(C)c1ccc2c(c1)ncc[n+]2-c1cc2cccc(C(C)C)c2o1. The Bertz CT molecular complexity index is 1060. The van der Waals surface area contributed by atoms with Crippen molar-refractivity contribution in [1.82, 2.24) is 4.98 Å². The zero-order chi connectivity index (χ0) is 17.6. The van der Waals surface area contributed by atoms with E-state index in [1.54, 1.807) is 0 Å². The van der Waals surface area contributed by atoms with Crippen LogP contribution in [0.3, 0.4) is 0 Å². The largest absolute Gasteiger partial charge is 0.404 e. The summed E-state index contributed by atoms with van der Waals surface area (Å²) < 4.78 is 8.35. The molecule has 0 amide bonds. The second-order valence-electron chi connectivity index (χ2n) is 7.21. The summed E-state index contributed by atoms with van der Waals surface area (Å²) in [5.74, 6) is 1.74. The Kier molecular flexibility index (Phi) is 3.79. The normalized spacial score (nSPS) is 11.9. The maximum Gasteiger partial charge on any atom is 0.380 e. The van der Waals surface area contributed by atoms with Crippen LogP contribution < -0.4 is 4.57 Å². The van der Waals surface area contributed by atoms with Crippen LogP contribution in [0.2, 0.25) is 0 Å². The van der Waals surface area contributed by atoms with Crippen molar-refractivity contribution in [2.24, 2.45) is 0 Å². The number of hydrogen-bond acceptors (Lipinski definition) is 2. The Morgan fingerprint density at radius 2 is 1.80 bits per heavy atom. The Morgan fingerprint density at radius 3 is 2.56 bits per heavy atom. The summed E-state index contributed by atoms with van der Waals surface area (Å²) in [5.41, 5.74) is 5.55. The van der Waals surface area contributed by atoms with E-state index in [0.29, 0.717) is 11.8 Å². The van der Waals surface area contributed by atoms with Gasteiger partial charge >= 0.3 is 5.88 Å². The third-order valence-corrected chi connectivity index (χ3v) is 4.78. The number of fused-ring (bicyclic) bond motifs is 2. The molecule has 126 valence electrons. The van der Waals surface area contributed by atoms with E-state index >= 15 is 0 Å². The van der Waals surface area contributed by atoms with Crippen LogP contribution in [0.25, 0.3) is 27.9 Å². The quantitative estimate of drug-likeness (QED) is 0.464. The smallest absolute Gasteiger partial charge is 0.380 e. The highest BCUT2D eigenvalue weighted by Crippen LogP contribution is 2.28. The zero-order valence-electron chi connectivity index (χ0n) is 15.2. The molecule has 2 heterocycles. The molecular formula is C22H23N2O+. The Hall–Kier alpha value is -2.68. The molecule has 0 spiro atoms. The summed E-state index contributed by atoms with van der Waals surface area (Å²) in [6, 6.07) is 14.9. The lowest BCUT2D eigenvalue weighted by atomic mass is 10.0. The topological polar surface area (TPSA) is 29.9 Å². The standard InChI is InChI=1S/C22H23N2O/c1-14(2)16-8-9-20-19(12-16)23-10-11-24(20)21-13-17-6-5-7-18(15(3)4)22(17)25-21/h5-15H,1-4H3/q+1. The molecule has 0 saturated carbocycles. The summed E-state index contributed by atoms with van der Waals surface area (Å²) in [4.78, 5) is 4.55. The lowest BCUT2D eigenvalue weighted by Crippen LogP contribution is -2.30. The van der Waals surface area contributed by atoms with Gasteiger partial charge in [0.15, 0.2) is 6.20 Å². The van der Waals surface area contributed by atoms with Crippen LogP contribution in [0.1, 0.15) is 50.7 Å². The molecule has 0 fully saturated rings. The molecule has 0 bridgehead atoms. The predicted octanol–water partition coefficient (Wildman–Crippen LogP) is 5.50. The highest BCUT2D eigenvalue weighted by Gasteiger charge is 2.20. The number of rotatable bonds is 3. The molecule has 0 atom stereocenters. The third-order valence-electron chi connectivity index (χ3n) is 4.78. The first kappa shape index (κ1) is 15.8. The average molecular weight is 331 g/mol. The van der Waals surface area contributed by atoms with Crippen LogP contribution in [0.15, 0.2) is 59.3 Å². The highest BCUT2D eigenvalue weighted by molar-refractivity contribution is 5.82. The van der Waals surface area contributed by atoms with Crippen molar-refractivity contribution in [2.75, 3.05) is 0 Å². The first-order valence-corrected chi connectivity index (χ1v) is 8.87. The molecule has 0 aliphatic heterocycles. The van der Waals surface area contributed by atoms with Gasteiger partial charge in [-0.3, -0.25) is 0 Å². The monoisotopic (exact) mass is 331 g/mol. The molecular weight excluding hydrogens is 308 g/mol. The van der Waals surface area contributed by atoms with E-state index < -0.39 is 0 Å². The van der Waals surface area contributed by atoms with Gasteiger partial charge in [0, 0.05) is 11.5 Å². The van der Waals surface area contributed by atoms with Crippen LogP contribution in [0.4, 0.5) is 0 Å². The average Bonchev–Trinajstić information content (AvgIpc) is 3.04. The fraction of sp³-hybridized carbons (Fsp3) is 0.273. The second kappa shape index (κ2) is 5.99. The van der Waals surface area contributed by atoms with Crippen LogP contribution in [-0.2, 0) is 0 Å². The lowest BCUT2D eigenvalue weighted by molar-refractivity contribution is -0.581. The molecule has 3 nitrogen and oxygen atoms in total. The van der Waals surface area contributed by atoms with Crippen molar-refractivity contribution < 1.29 is 8.98 Å². The lowest BCUT2D eigenvalue weighted by Gasteiger charge is -2.05. The van der Waals surface area contributed by atoms with Gasteiger partial charge in [0.2, 0.25) is 5.52 Å². The molecule has 3 heteroatoms. The molecule has 25 heavy (non-hydrogen) atoms. The number of benzene rings is 2. The molecule has 0 saturated heterocycles. The predicted molar refractivity (Wildman–Crippen MR) is 101 cm³/mol. The molecule has 0 aliphatic rings. The summed E-state index contributed by atoms with van der Waals surface area (Å²) in [7, 11) is 0. The molecule has 4 aromatic rings. The fourth-order valence-electron chi connectivity index (χ4n) is 3.30. The van der Waals surface area contributed by atoms with Crippen LogP contribution in [0, 0.1) is 0 Å². The van der Waals surface area contributed by atoms with Gasteiger partial charge in [0.1, 0.15) is 11.1 Å².